The Kier molecular flexibility index (Phi) is 2.99. The molecule has 3 aromatic rings. The smallest absolute Gasteiger partial charge is 0.270 e. The van der Waals surface area contributed by atoms with Crippen LogP contribution in [0, 0.1) is 10.1 Å². The van der Waals surface area contributed by atoms with E-state index >= 15 is 0 Å². The van der Waals surface area contributed by atoms with Crippen molar-refractivity contribution in [1.82, 2.24) is 20.5 Å². The van der Waals surface area contributed by atoms with Crippen molar-refractivity contribution in [2.75, 3.05) is 5.73 Å². The van der Waals surface area contributed by atoms with E-state index < -0.39 is 4.92 Å². The van der Waals surface area contributed by atoms with Gasteiger partial charge in [0.1, 0.15) is 0 Å². The van der Waals surface area contributed by atoms with E-state index in [0.29, 0.717) is 0 Å². The predicted molar refractivity (Wildman–Crippen MR) is 69.1 cm³/mol. The van der Waals surface area contributed by atoms with Crippen LogP contribution in [0.25, 0.3) is 23.0 Å². The predicted octanol–water partition coefficient (Wildman–Crippen LogP) is 1.93. The summed E-state index contributed by atoms with van der Waals surface area (Å²) >= 11 is 5.98. The molecule has 0 aliphatic rings. The maximum Gasteiger partial charge on any atom is 0.270 e. The molecular formula is C10H5ClN6O4. The Hall–Kier alpha value is -3.01. The number of halogens is 1. The van der Waals surface area contributed by atoms with E-state index in [-0.39, 0.29) is 39.5 Å². The molecule has 0 spiro atoms. The summed E-state index contributed by atoms with van der Waals surface area (Å²) in [4.78, 5) is 14.2. The number of anilines is 1. The van der Waals surface area contributed by atoms with Gasteiger partial charge in [0.05, 0.1) is 15.5 Å². The van der Waals surface area contributed by atoms with E-state index in [4.69, 9.17) is 21.9 Å². The van der Waals surface area contributed by atoms with Crippen LogP contribution in [0.15, 0.2) is 27.4 Å². The van der Waals surface area contributed by atoms with Crippen molar-refractivity contribution >= 4 is 23.1 Å². The first-order valence-corrected chi connectivity index (χ1v) is 5.80. The van der Waals surface area contributed by atoms with Gasteiger partial charge in [-0.15, -0.1) is 0 Å². The minimum absolute atomic E-state index is 0.00695. The fourth-order valence-electron chi connectivity index (χ4n) is 1.57. The first-order chi connectivity index (χ1) is 10.1. The van der Waals surface area contributed by atoms with Gasteiger partial charge in [0.2, 0.25) is 5.82 Å². The molecule has 0 fully saturated rings. The number of nitrogens with zero attached hydrogens (tertiary/aromatic N) is 5. The lowest BCUT2D eigenvalue weighted by atomic mass is 10.2. The molecular weight excluding hydrogens is 304 g/mol. The Morgan fingerprint density at radius 1 is 1.29 bits per heavy atom. The zero-order valence-corrected chi connectivity index (χ0v) is 10.8. The number of hydrogen-bond donors (Lipinski definition) is 1. The highest BCUT2D eigenvalue weighted by atomic mass is 35.5. The number of rotatable bonds is 3. The average molecular weight is 309 g/mol. The Bertz CT molecular complexity index is 829. The number of aromatic nitrogens is 4. The monoisotopic (exact) mass is 308 g/mol. The van der Waals surface area contributed by atoms with Gasteiger partial charge in [-0.25, -0.2) is 4.63 Å². The molecule has 0 aliphatic heterocycles. The fraction of sp³-hybridized carbons (Fsp3) is 0. The third kappa shape index (κ3) is 2.27. The summed E-state index contributed by atoms with van der Waals surface area (Å²) in [6.07, 6.45) is 0. The van der Waals surface area contributed by atoms with Crippen LogP contribution < -0.4 is 5.73 Å². The topological polar surface area (TPSA) is 147 Å². The lowest BCUT2D eigenvalue weighted by molar-refractivity contribution is -0.384. The molecule has 0 radical (unpaired) electrons. The van der Waals surface area contributed by atoms with Crippen LogP contribution in [0.3, 0.4) is 0 Å². The van der Waals surface area contributed by atoms with Gasteiger partial charge in [0, 0.05) is 12.1 Å². The zero-order valence-electron chi connectivity index (χ0n) is 10.1. The van der Waals surface area contributed by atoms with Crippen LogP contribution in [0.4, 0.5) is 11.5 Å². The van der Waals surface area contributed by atoms with Crippen LogP contribution in [-0.4, -0.2) is 25.4 Å². The van der Waals surface area contributed by atoms with E-state index in [1.807, 2.05) is 0 Å². The van der Waals surface area contributed by atoms with Crippen LogP contribution in [0.2, 0.25) is 5.02 Å². The normalized spacial score (nSPS) is 10.7. The average Bonchev–Trinajstić information content (AvgIpc) is 3.07. The second kappa shape index (κ2) is 4.83. The molecule has 106 valence electrons. The van der Waals surface area contributed by atoms with Gasteiger partial charge < -0.3 is 10.3 Å². The van der Waals surface area contributed by atoms with Gasteiger partial charge in [0.15, 0.2) is 11.5 Å². The lowest BCUT2D eigenvalue weighted by Crippen LogP contribution is -1.91. The molecule has 21 heavy (non-hydrogen) atoms. The molecule has 0 aliphatic carbocycles. The van der Waals surface area contributed by atoms with E-state index in [2.05, 4.69) is 25.1 Å². The zero-order chi connectivity index (χ0) is 15.0. The Morgan fingerprint density at radius 2 is 2.10 bits per heavy atom. The van der Waals surface area contributed by atoms with Gasteiger partial charge in [-0.1, -0.05) is 16.8 Å². The highest BCUT2D eigenvalue weighted by Gasteiger charge is 2.20. The number of hydrogen-bond acceptors (Lipinski definition) is 9. The second-order valence-electron chi connectivity index (χ2n) is 3.84. The largest absolute Gasteiger partial charge is 0.379 e. The molecule has 1 aromatic carbocycles. The van der Waals surface area contributed by atoms with Crippen LogP contribution in [0.5, 0.6) is 0 Å². The molecule has 0 bridgehead atoms. The van der Waals surface area contributed by atoms with Gasteiger partial charge in [-0.3, -0.25) is 10.1 Å². The van der Waals surface area contributed by atoms with Crippen molar-refractivity contribution < 1.29 is 14.1 Å². The van der Waals surface area contributed by atoms with Crippen molar-refractivity contribution in [3.05, 3.63) is 33.3 Å². The molecule has 0 saturated heterocycles. The molecule has 0 unspecified atom stereocenters. The standard InChI is InChI=1S/C10H5ClN6O4/c11-6-2-1-4(17(18)19)3-5(6)10-13-9(16-20-10)7-8(12)15-21-14-7/h1-3H,(H2,12,15). The van der Waals surface area contributed by atoms with Gasteiger partial charge >= 0.3 is 0 Å². The third-order valence-corrected chi connectivity index (χ3v) is 2.87. The Morgan fingerprint density at radius 3 is 2.76 bits per heavy atom. The van der Waals surface area contributed by atoms with Crippen LogP contribution in [-0.2, 0) is 0 Å². The number of nitrogen functional groups attached to an aromatic ring is 1. The maximum absolute atomic E-state index is 10.8. The molecule has 2 heterocycles. The SMILES string of the molecule is Nc1nonc1-c1noc(-c2cc([N+](=O)[O-])ccc2Cl)n1. The molecule has 10 nitrogen and oxygen atoms in total. The van der Waals surface area contributed by atoms with E-state index in [1.54, 1.807) is 0 Å². The summed E-state index contributed by atoms with van der Waals surface area (Å²) in [6.45, 7) is 0. The van der Waals surface area contributed by atoms with Crippen molar-refractivity contribution in [3.8, 4) is 23.0 Å². The van der Waals surface area contributed by atoms with E-state index in [9.17, 15) is 10.1 Å². The van der Waals surface area contributed by atoms with Gasteiger partial charge in [-0.2, -0.15) is 4.98 Å². The minimum Gasteiger partial charge on any atom is -0.379 e. The first-order valence-electron chi connectivity index (χ1n) is 5.42. The van der Waals surface area contributed by atoms with Crippen molar-refractivity contribution in [2.45, 2.75) is 0 Å². The molecule has 11 heteroatoms. The summed E-state index contributed by atoms with van der Waals surface area (Å²) in [5.74, 6) is 0.0138. The number of non-ortho nitro benzene ring substituents is 1. The maximum atomic E-state index is 10.8. The van der Waals surface area contributed by atoms with Crippen LogP contribution >= 0.6 is 11.6 Å². The Balaban J connectivity index is 2.06. The lowest BCUT2D eigenvalue weighted by Gasteiger charge is -1.98. The first kappa shape index (κ1) is 13.0. The fourth-order valence-corrected chi connectivity index (χ4v) is 1.77. The number of nitro benzene ring substituents is 1. The second-order valence-corrected chi connectivity index (χ2v) is 4.25. The Labute approximate surface area is 120 Å². The van der Waals surface area contributed by atoms with Crippen LogP contribution in [0.1, 0.15) is 0 Å². The highest BCUT2D eigenvalue weighted by molar-refractivity contribution is 6.33. The van der Waals surface area contributed by atoms with Crippen molar-refractivity contribution in [2.24, 2.45) is 0 Å². The molecule has 0 saturated carbocycles. The molecule has 0 atom stereocenters. The number of nitrogens with two attached hydrogens (primary N) is 1. The molecule has 3 rings (SSSR count). The third-order valence-electron chi connectivity index (χ3n) is 2.54. The number of benzene rings is 1. The van der Waals surface area contributed by atoms with Gasteiger partial charge in [-0.05, 0) is 16.4 Å². The number of nitro groups is 1. The summed E-state index contributed by atoms with van der Waals surface area (Å²) in [5.41, 5.74) is 5.68. The molecule has 2 aromatic heterocycles. The quantitative estimate of drug-likeness (QED) is 0.565. The molecule has 2 N–H and O–H groups in total. The summed E-state index contributed by atoms with van der Waals surface area (Å²) < 4.78 is 9.44. The summed E-state index contributed by atoms with van der Waals surface area (Å²) in [6, 6.07) is 3.86. The van der Waals surface area contributed by atoms with Crippen molar-refractivity contribution in [3.63, 3.8) is 0 Å². The molecule has 0 amide bonds. The van der Waals surface area contributed by atoms with Gasteiger partial charge in [0.25, 0.3) is 11.6 Å². The van der Waals surface area contributed by atoms with Crippen molar-refractivity contribution in [1.29, 1.82) is 0 Å². The summed E-state index contributed by atoms with van der Waals surface area (Å²) in [5, 5.41) is 21.6. The highest BCUT2D eigenvalue weighted by Crippen LogP contribution is 2.31. The summed E-state index contributed by atoms with van der Waals surface area (Å²) in [7, 11) is 0. The minimum atomic E-state index is -0.559. The van der Waals surface area contributed by atoms with E-state index in [0.717, 1.165) is 0 Å². The van der Waals surface area contributed by atoms with E-state index in [1.165, 1.54) is 18.2 Å².